The van der Waals surface area contributed by atoms with E-state index < -0.39 is 5.97 Å². The van der Waals surface area contributed by atoms with E-state index >= 15 is 0 Å². The molecular formula is C12H22O4. The van der Waals surface area contributed by atoms with Crippen LogP contribution in [0.2, 0.25) is 0 Å². The first-order chi connectivity index (χ1) is 7.45. The Morgan fingerprint density at radius 2 is 1.75 bits per heavy atom. The molecule has 0 radical (unpaired) electrons. The Balaban J connectivity index is 3.45. The van der Waals surface area contributed by atoms with Gasteiger partial charge >= 0.3 is 11.9 Å². The number of hydrogen-bond acceptors (Lipinski definition) is 3. The average Bonchev–Trinajstić information content (AvgIpc) is 2.21. The number of rotatable bonds is 8. The van der Waals surface area contributed by atoms with Crippen LogP contribution in [-0.2, 0) is 14.3 Å². The zero-order valence-corrected chi connectivity index (χ0v) is 10.4. The summed E-state index contributed by atoms with van der Waals surface area (Å²) in [4.78, 5) is 21.6. The van der Waals surface area contributed by atoms with Gasteiger partial charge in [0.05, 0.1) is 12.5 Å². The van der Waals surface area contributed by atoms with Crippen molar-refractivity contribution < 1.29 is 19.4 Å². The van der Waals surface area contributed by atoms with Gasteiger partial charge in [0.25, 0.3) is 0 Å². The second-order valence-corrected chi connectivity index (χ2v) is 4.40. The van der Waals surface area contributed by atoms with Crippen molar-refractivity contribution in [3.8, 4) is 0 Å². The smallest absolute Gasteiger partial charge is 0.308 e. The number of carboxylic acids is 1. The number of carboxylic acid groups (broad SMARTS) is 1. The molecule has 0 heterocycles. The average molecular weight is 230 g/mol. The molecule has 1 atom stereocenters. The van der Waals surface area contributed by atoms with Gasteiger partial charge in [-0.15, -0.1) is 0 Å². The molecule has 0 saturated heterocycles. The van der Waals surface area contributed by atoms with Crippen LogP contribution in [0.3, 0.4) is 0 Å². The molecule has 0 rings (SSSR count). The van der Waals surface area contributed by atoms with Crippen molar-refractivity contribution in [2.24, 2.45) is 11.8 Å². The maximum atomic E-state index is 11.4. The Morgan fingerprint density at radius 1 is 1.12 bits per heavy atom. The molecule has 4 heteroatoms. The molecule has 0 bridgehead atoms. The van der Waals surface area contributed by atoms with E-state index in [-0.39, 0.29) is 18.3 Å². The van der Waals surface area contributed by atoms with Gasteiger partial charge in [-0.2, -0.15) is 0 Å². The summed E-state index contributed by atoms with van der Waals surface area (Å²) in [5, 5.41) is 8.41. The predicted octanol–water partition coefficient (Wildman–Crippen LogP) is 2.47. The van der Waals surface area contributed by atoms with E-state index in [2.05, 4.69) is 0 Å². The molecule has 1 N–H and O–H groups in total. The minimum absolute atomic E-state index is 0.0704. The van der Waals surface area contributed by atoms with Crippen LogP contribution in [0.4, 0.5) is 0 Å². The van der Waals surface area contributed by atoms with Crippen LogP contribution in [0, 0.1) is 11.8 Å². The Kier molecular flexibility index (Phi) is 7.60. The fourth-order valence-electron chi connectivity index (χ4n) is 1.13. The Morgan fingerprint density at radius 3 is 2.25 bits per heavy atom. The molecule has 0 unspecified atom stereocenters. The number of hydrogen-bond donors (Lipinski definition) is 1. The third-order valence-electron chi connectivity index (χ3n) is 2.65. The van der Waals surface area contributed by atoms with E-state index in [4.69, 9.17) is 9.84 Å². The number of carbonyl (C=O) groups is 2. The predicted molar refractivity (Wildman–Crippen MR) is 61.1 cm³/mol. The molecule has 0 amide bonds. The number of esters is 1. The summed E-state index contributed by atoms with van der Waals surface area (Å²) in [6.07, 6.45) is 2.36. The lowest BCUT2D eigenvalue weighted by Crippen LogP contribution is -2.20. The van der Waals surface area contributed by atoms with Gasteiger partial charge in [-0.25, -0.2) is 0 Å². The van der Waals surface area contributed by atoms with Crippen LogP contribution >= 0.6 is 0 Å². The van der Waals surface area contributed by atoms with Crippen LogP contribution in [-0.4, -0.2) is 23.7 Å². The zero-order chi connectivity index (χ0) is 12.6. The molecule has 0 fully saturated rings. The van der Waals surface area contributed by atoms with E-state index in [1.165, 1.54) is 0 Å². The molecule has 0 aliphatic heterocycles. The summed E-state index contributed by atoms with van der Waals surface area (Å²) in [5.41, 5.74) is 0. The Bertz CT molecular complexity index is 223. The lowest BCUT2D eigenvalue weighted by atomic mass is 9.99. The third kappa shape index (κ3) is 7.26. The Labute approximate surface area is 97.0 Å². The van der Waals surface area contributed by atoms with Gasteiger partial charge in [0, 0.05) is 6.42 Å². The summed E-state index contributed by atoms with van der Waals surface area (Å²) in [6.45, 7) is 6.23. The standard InChI is InChI=1S/C12H22O4/c1-9(2)10(3)12(15)16-8-6-4-5-7-11(13)14/h9-10H,4-8H2,1-3H3,(H,13,14)/t10-/m0/s1. The van der Waals surface area contributed by atoms with Crippen molar-refractivity contribution in [1.29, 1.82) is 0 Å². The number of ether oxygens (including phenoxy) is 1. The Hall–Kier alpha value is -1.06. The van der Waals surface area contributed by atoms with Crippen LogP contribution in [0.15, 0.2) is 0 Å². The molecular weight excluding hydrogens is 208 g/mol. The molecule has 16 heavy (non-hydrogen) atoms. The fraction of sp³-hybridized carbons (Fsp3) is 0.833. The largest absolute Gasteiger partial charge is 0.481 e. The van der Waals surface area contributed by atoms with Crippen molar-refractivity contribution in [2.45, 2.75) is 46.5 Å². The van der Waals surface area contributed by atoms with Gasteiger partial charge in [-0.05, 0) is 25.2 Å². The first-order valence-corrected chi connectivity index (χ1v) is 5.83. The maximum absolute atomic E-state index is 11.4. The van der Waals surface area contributed by atoms with Gasteiger partial charge in [-0.1, -0.05) is 20.8 Å². The van der Waals surface area contributed by atoms with Crippen molar-refractivity contribution in [2.75, 3.05) is 6.61 Å². The summed E-state index contributed by atoms with van der Waals surface area (Å²) in [7, 11) is 0. The number of carbonyl (C=O) groups excluding carboxylic acids is 1. The fourth-order valence-corrected chi connectivity index (χ4v) is 1.13. The van der Waals surface area contributed by atoms with Crippen LogP contribution in [0.5, 0.6) is 0 Å². The second kappa shape index (κ2) is 8.13. The van der Waals surface area contributed by atoms with E-state index in [0.717, 1.165) is 12.8 Å². The molecule has 0 aromatic heterocycles. The highest BCUT2D eigenvalue weighted by atomic mass is 16.5. The van der Waals surface area contributed by atoms with Gasteiger partial charge in [0.15, 0.2) is 0 Å². The topological polar surface area (TPSA) is 63.6 Å². The minimum atomic E-state index is -0.773. The summed E-state index contributed by atoms with van der Waals surface area (Å²) in [6, 6.07) is 0. The highest BCUT2D eigenvalue weighted by Gasteiger charge is 2.17. The quantitative estimate of drug-likeness (QED) is 0.514. The molecule has 0 aromatic carbocycles. The van der Waals surface area contributed by atoms with E-state index in [0.29, 0.717) is 18.9 Å². The molecule has 0 aliphatic carbocycles. The molecule has 0 saturated carbocycles. The molecule has 94 valence electrons. The maximum Gasteiger partial charge on any atom is 0.308 e. The number of aliphatic carboxylic acids is 1. The van der Waals surface area contributed by atoms with Gasteiger partial charge in [0.2, 0.25) is 0 Å². The lowest BCUT2D eigenvalue weighted by molar-refractivity contribution is -0.149. The summed E-state index contributed by atoms with van der Waals surface area (Å²) >= 11 is 0. The SMILES string of the molecule is CC(C)[C@H](C)C(=O)OCCCCCC(=O)O. The van der Waals surface area contributed by atoms with Crippen LogP contribution < -0.4 is 0 Å². The molecule has 0 spiro atoms. The number of unbranched alkanes of at least 4 members (excludes halogenated alkanes) is 2. The molecule has 4 nitrogen and oxygen atoms in total. The van der Waals surface area contributed by atoms with Crippen LogP contribution in [0.25, 0.3) is 0 Å². The van der Waals surface area contributed by atoms with Crippen molar-refractivity contribution in [1.82, 2.24) is 0 Å². The molecule has 0 aromatic rings. The highest BCUT2D eigenvalue weighted by Crippen LogP contribution is 2.11. The second-order valence-electron chi connectivity index (χ2n) is 4.40. The monoisotopic (exact) mass is 230 g/mol. The first-order valence-electron chi connectivity index (χ1n) is 5.83. The molecule has 0 aliphatic rings. The van der Waals surface area contributed by atoms with Crippen LogP contribution in [0.1, 0.15) is 46.5 Å². The summed E-state index contributed by atoms with van der Waals surface area (Å²) in [5.74, 6) is -0.711. The minimum Gasteiger partial charge on any atom is -0.481 e. The van der Waals surface area contributed by atoms with Gasteiger partial charge in [-0.3, -0.25) is 9.59 Å². The van der Waals surface area contributed by atoms with Gasteiger partial charge < -0.3 is 9.84 Å². The normalized spacial score (nSPS) is 12.5. The lowest BCUT2D eigenvalue weighted by Gasteiger charge is -2.14. The van der Waals surface area contributed by atoms with E-state index in [1.54, 1.807) is 0 Å². The van der Waals surface area contributed by atoms with E-state index in [9.17, 15) is 9.59 Å². The highest BCUT2D eigenvalue weighted by molar-refractivity contribution is 5.72. The third-order valence-corrected chi connectivity index (χ3v) is 2.65. The van der Waals surface area contributed by atoms with E-state index in [1.807, 2.05) is 20.8 Å². The zero-order valence-electron chi connectivity index (χ0n) is 10.4. The first kappa shape index (κ1) is 14.9. The van der Waals surface area contributed by atoms with Crippen molar-refractivity contribution in [3.63, 3.8) is 0 Å². The van der Waals surface area contributed by atoms with Crippen molar-refractivity contribution >= 4 is 11.9 Å². The van der Waals surface area contributed by atoms with Crippen molar-refractivity contribution in [3.05, 3.63) is 0 Å². The van der Waals surface area contributed by atoms with Gasteiger partial charge in [0.1, 0.15) is 0 Å². The summed E-state index contributed by atoms with van der Waals surface area (Å²) < 4.78 is 5.09.